The Hall–Kier alpha value is -0.550. The van der Waals surface area contributed by atoms with Crippen molar-refractivity contribution in [2.75, 3.05) is 13.1 Å². The fourth-order valence-corrected chi connectivity index (χ4v) is 2.11. The maximum Gasteiger partial charge on any atom is 0.255 e. The van der Waals surface area contributed by atoms with Gasteiger partial charge in [-0.2, -0.15) is 0 Å². The molecule has 1 fully saturated rings. The Labute approximate surface area is 124 Å². The molecule has 1 aromatic rings. The van der Waals surface area contributed by atoms with Crippen molar-refractivity contribution in [2.45, 2.75) is 18.9 Å². The van der Waals surface area contributed by atoms with Gasteiger partial charge in [-0.3, -0.25) is 9.78 Å². The summed E-state index contributed by atoms with van der Waals surface area (Å²) in [5.74, 6) is -0.0532. The zero-order valence-electron chi connectivity index (χ0n) is 9.71. The molecule has 0 aromatic carbocycles. The summed E-state index contributed by atoms with van der Waals surface area (Å²) in [5, 5.41) is 0.395. The number of aromatic nitrogens is 1. The van der Waals surface area contributed by atoms with Crippen LogP contribution in [-0.4, -0.2) is 34.9 Å². The van der Waals surface area contributed by atoms with Gasteiger partial charge in [0.1, 0.15) is 0 Å². The van der Waals surface area contributed by atoms with Gasteiger partial charge in [0, 0.05) is 31.5 Å². The van der Waals surface area contributed by atoms with Crippen LogP contribution < -0.4 is 5.73 Å². The Morgan fingerprint density at radius 2 is 2.22 bits per heavy atom. The van der Waals surface area contributed by atoms with Gasteiger partial charge in [0.05, 0.1) is 10.6 Å². The molecule has 1 saturated heterocycles. The molecule has 1 amide bonds. The molecule has 2 rings (SSSR count). The smallest absolute Gasteiger partial charge is 0.255 e. The minimum atomic E-state index is -0.0532. The van der Waals surface area contributed by atoms with Crippen LogP contribution in [0.25, 0.3) is 0 Å². The van der Waals surface area contributed by atoms with E-state index in [0.29, 0.717) is 17.1 Å². The number of hydrogen-bond acceptors (Lipinski definition) is 3. The Kier molecular flexibility index (Phi) is 7.55. The van der Waals surface area contributed by atoms with Gasteiger partial charge in [-0.25, -0.2) is 0 Å². The standard InChI is InChI=1S/C11H14ClN3O.2ClH/c12-10-6-14-4-3-9(10)11(16)15-5-1-2-8(13)7-15;;/h3-4,6,8H,1-2,5,7,13H2;2*1H/t8-;;/m1../s1. The Balaban J connectivity index is 0.00000144. The molecule has 0 aliphatic carbocycles. The molecule has 0 bridgehead atoms. The zero-order chi connectivity index (χ0) is 11.5. The molecular formula is C11H16Cl3N3O. The third kappa shape index (κ3) is 3.99. The van der Waals surface area contributed by atoms with Crippen LogP contribution in [0, 0.1) is 0 Å². The highest BCUT2D eigenvalue weighted by Gasteiger charge is 2.23. The molecule has 2 heterocycles. The third-order valence-electron chi connectivity index (χ3n) is 2.75. The largest absolute Gasteiger partial charge is 0.337 e. The highest BCUT2D eigenvalue weighted by Crippen LogP contribution is 2.18. The van der Waals surface area contributed by atoms with E-state index in [1.165, 1.54) is 6.20 Å². The van der Waals surface area contributed by atoms with Crippen molar-refractivity contribution in [3.63, 3.8) is 0 Å². The van der Waals surface area contributed by atoms with Crippen molar-refractivity contribution in [3.05, 3.63) is 29.0 Å². The van der Waals surface area contributed by atoms with E-state index in [-0.39, 0.29) is 36.8 Å². The number of piperidine rings is 1. The van der Waals surface area contributed by atoms with E-state index in [0.717, 1.165) is 19.4 Å². The van der Waals surface area contributed by atoms with Crippen molar-refractivity contribution in [1.29, 1.82) is 0 Å². The van der Waals surface area contributed by atoms with Gasteiger partial charge >= 0.3 is 0 Å². The lowest BCUT2D eigenvalue weighted by molar-refractivity contribution is 0.0709. The van der Waals surface area contributed by atoms with E-state index >= 15 is 0 Å². The van der Waals surface area contributed by atoms with Gasteiger partial charge < -0.3 is 10.6 Å². The normalized spacial score (nSPS) is 18.6. The number of hydrogen-bond donors (Lipinski definition) is 1. The molecule has 0 saturated carbocycles. The Bertz CT molecular complexity index is 403. The number of nitrogens with two attached hydrogens (primary N) is 1. The highest BCUT2D eigenvalue weighted by atomic mass is 35.5. The van der Waals surface area contributed by atoms with E-state index in [2.05, 4.69) is 4.98 Å². The molecule has 1 aliphatic rings. The summed E-state index contributed by atoms with van der Waals surface area (Å²) in [6.45, 7) is 1.36. The molecule has 18 heavy (non-hydrogen) atoms. The Morgan fingerprint density at radius 3 is 2.83 bits per heavy atom. The first kappa shape index (κ1) is 17.4. The maximum atomic E-state index is 12.1. The van der Waals surface area contributed by atoms with E-state index in [4.69, 9.17) is 17.3 Å². The average molecular weight is 313 g/mol. The van der Waals surface area contributed by atoms with Crippen LogP contribution in [0.15, 0.2) is 18.5 Å². The van der Waals surface area contributed by atoms with Crippen LogP contribution >= 0.6 is 36.4 Å². The number of pyridine rings is 1. The average Bonchev–Trinajstić information content (AvgIpc) is 2.29. The van der Waals surface area contributed by atoms with Gasteiger partial charge in [0.2, 0.25) is 0 Å². The summed E-state index contributed by atoms with van der Waals surface area (Å²) in [5.41, 5.74) is 6.35. The SMILES string of the molecule is Cl.Cl.N[C@@H]1CCCN(C(=O)c2ccncc2Cl)C1. The monoisotopic (exact) mass is 311 g/mol. The van der Waals surface area contributed by atoms with Crippen LogP contribution in [-0.2, 0) is 0 Å². The van der Waals surface area contributed by atoms with Gasteiger partial charge in [-0.05, 0) is 18.9 Å². The van der Waals surface area contributed by atoms with E-state index in [9.17, 15) is 4.79 Å². The number of rotatable bonds is 1. The van der Waals surface area contributed by atoms with Gasteiger partial charge in [0.25, 0.3) is 5.91 Å². The molecule has 0 spiro atoms. The summed E-state index contributed by atoms with van der Waals surface area (Å²) < 4.78 is 0. The van der Waals surface area contributed by atoms with Crippen LogP contribution in [0.1, 0.15) is 23.2 Å². The van der Waals surface area contributed by atoms with Gasteiger partial charge in [0.15, 0.2) is 0 Å². The highest BCUT2D eigenvalue weighted by molar-refractivity contribution is 6.33. The molecule has 102 valence electrons. The molecule has 7 heteroatoms. The summed E-state index contributed by atoms with van der Waals surface area (Å²) in [6.07, 6.45) is 4.99. The van der Waals surface area contributed by atoms with Crippen LogP contribution in [0.2, 0.25) is 5.02 Å². The molecule has 1 atom stereocenters. The van der Waals surface area contributed by atoms with Crippen LogP contribution in [0.4, 0.5) is 0 Å². The van der Waals surface area contributed by atoms with Gasteiger partial charge in [-0.1, -0.05) is 11.6 Å². The number of nitrogens with zero attached hydrogens (tertiary/aromatic N) is 2. The van der Waals surface area contributed by atoms with E-state index in [1.54, 1.807) is 17.2 Å². The fourth-order valence-electron chi connectivity index (χ4n) is 1.91. The van der Waals surface area contributed by atoms with Crippen molar-refractivity contribution < 1.29 is 4.79 Å². The zero-order valence-corrected chi connectivity index (χ0v) is 12.1. The minimum Gasteiger partial charge on any atom is -0.337 e. The molecule has 1 aromatic heterocycles. The van der Waals surface area contributed by atoms with E-state index in [1.807, 2.05) is 0 Å². The number of likely N-dealkylation sites (tertiary alicyclic amines) is 1. The summed E-state index contributed by atoms with van der Waals surface area (Å²) in [4.78, 5) is 17.7. The number of carbonyl (C=O) groups is 1. The fraction of sp³-hybridized carbons (Fsp3) is 0.455. The molecule has 1 aliphatic heterocycles. The molecule has 0 unspecified atom stereocenters. The quantitative estimate of drug-likeness (QED) is 0.864. The lowest BCUT2D eigenvalue weighted by Gasteiger charge is -2.30. The van der Waals surface area contributed by atoms with Gasteiger partial charge in [-0.15, -0.1) is 24.8 Å². The first-order chi connectivity index (χ1) is 7.68. The second-order valence-electron chi connectivity index (χ2n) is 4.01. The molecule has 2 N–H and O–H groups in total. The van der Waals surface area contributed by atoms with Crippen LogP contribution in [0.5, 0.6) is 0 Å². The number of carbonyl (C=O) groups excluding carboxylic acids is 1. The first-order valence-electron chi connectivity index (χ1n) is 5.33. The predicted molar refractivity (Wildman–Crippen MR) is 76.9 cm³/mol. The molecule has 0 radical (unpaired) electrons. The Morgan fingerprint density at radius 1 is 1.50 bits per heavy atom. The van der Waals surface area contributed by atoms with Crippen LogP contribution in [0.3, 0.4) is 0 Å². The van der Waals surface area contributed by atoms with Crippen molar-refractivity contribution >= 4 is 42.3 Å². The summed E-state index contributed by atoms with van der Waals surface area (Å²) >= 11 is 5.93. The second-order valence-corrected chi connectivity index (χ2v) is 4.42. The lowest BCUT2D eigenvalue weighted by Crippen LogP contribution is -2.45. The lowest BCUT2D eigenvalue weighted by atomic mass is 10.1. The topological polar surface area (TPSA) is 59.2 Å². The molecular weight excluding hydrogens is 296 g/mol. The third-order valence-corrected chi connectivity index (χ3v) is 3.05. The number of amides is 1. The summed E-state index contributed by atoms with van der Waals surface area (Å²) in [6, 6.07) is 1.73. The molecule has 4 nitrogen and oxygen atoms in total. The predicted octanol–water partition coefficient (Wildman–Crippen LogP) is 2.14. The van der Waals surface area contributed by atoms with Crippen molar-refractivity contribution in [2.24, 2.45) is 5.73 Å². The first-order valence-corrected chi connectivity index (χ1v) is 5.70. The maximum absolute atomic E-state index is 12.1. The van der Waals surface area contributed by atoms with E-state index < -0.39 is 0 Å². The van der Waals surface area contributed by atoms with Crippen molar-refractivity contribution in [1.82, 2.24) is 9.88 Å². The minimum absolute atomic E-state index is 0. The van der Waals surface area contributed by atoms with Crippen molar-refractivity contribution in [3.8, 4) is 0 Å². The number of halogens is 3. The summed E-state index contributed by atoms with van der Waals surface area (Å²) in [7, 11) is 0. The second kappa shape index (κ2) is 7.79.